The van der Waals surface area contributed by atoms with E-state index in [-0.39, 0.29) is 6.10 Å². The standard InChI is InChI=1S/C9H11NO6/c11-7-1-2-8(12)10(7)16-9(13)15-6-3-4-14-5-6/h1-2,6,11-12H,3-5H2/t6-/m0/s1. The second kappa shape index (κ2) is 4.31. The van der Waals surface area contributed by atoms with Crippen molar-refractivity contribution >= 4 is 6.16 Å². The first-order chi connectivity index (χ1) is 7.66. The van der Waals surface area contributed by atoms with Crippen molar-refractivity contribution in [1.82, 2.24) is 4.73 Å². The predicted molar refractivity (Wildman–Crippen MR) is 50.0 cm³/mol. The zero-order valence-electron chi connectivity index (χ0n) is 8.33. The topological polar surface area (TPSA) is 90.2 Å². The van der Waals surface area contributed by atoms with Gasteiger partial charge in [0.1, 0.15) is 6.10 Å². The molecule has 0 aliphatic carbocycles. The van der Waals surface area contributed by atoms with Crippen LogP contribution in [0.2, 0.25) is 0 Å². The summed E-state index contributed by atoms with van der Waals surface area (Å²) in [7, 11) is 0. The van der Waals surface area contributed by atoms with Crippen LogP contribution in [0.15, 0.2) is 12.1 Å². The Balaban J connectivity index is 1.91. The summed E-state index contributed by atoms with van der Waals surface area (Å²) in [6.45, 7) is 0.872. The highest BCUT2D eigenvalue weighted by molar-refractivity contribution is 5.61. The fourth-order valence-electron chi connectivity index (χ4n) is 1.33. The predicted octanol–water partition coefficient (Wildman–Crippen LogP) is 0.253. The molecule has 1 aliphatic heterocycles. The molecule has 1 atom stereocenters. The Bertz CT molecular complexity index is 362. The van der Waals surface area contributed by atoms with Crippen LogP contribution >= 0.6 is 0 Å². The second-order valence-corrected chi connectivity index (χ2v) is 3.29. The molecule has 0 amide bonds. The zero-order valence-corrected chi connectivity index (χ0v) is 8.33. The van der Waals surface area contributed by atoms with Crippen molar-refractivity contribution in [3.05, 3.63) is 12.1 Å². The Morgan fingerprint density at radius 3 is 2.69 bits per heavy atom. The van der Waals surface area contributed by atoms with Gasteiger partial charge in [0, 0.05) is 18.6 Å². The van der Waals surface area contributed by atoms with Crippen LogP contribution in [0.4, 0.5) is 4.79 Å². The van der Waals surface area contributed by atoms with Gasteiger partial charge in [-0.1, -0.05) is 0 Å². The third-order valence-corrected chi connectivity index (χ3v) is 2.11. The quantitative estimate of drug-likeness (QED) is 0.706. The summed E-state index contributed by atoms with van der Waals surface area (Å²) in [5, 5.41) is 18.4. The largest absolute Gasteiger partial charge is 0.534 e. The van der Waals surface area contributed by atoms with Gasteiger partial charge in [0.2, 0.25) is 11.8 Å². The fraction of sp³-hybridized carbons (Fsp3) is 0.444. The minimum atomic E-state index is -1.00. The SMILES string of the molecule is O=C(O[C@H]1CCOC1)On1c(O)ccc1O. The highest BCUT2D eigenvalue weighted by Crippen LogP contribution is 2.19. The van der Waals surface area contributed by atoms with Crippen molar-refractivity contribution in [1.29, 1.82) is 0 Å². The summed E-state index contributed by atoms with van der Waals surface area (Å²) in [4.78, 5) is 15.8. The summed E-state index contributed by atoms with van der Waals surface area (Å²) in [5.74, 6) is -0.783. The number of rotatable bonds is 2. The summed E-state index contributed by atoms with van der Waals surface area (Å²) in [6.07, 6.45) is -0.733. The van der Waals surface area contributed by atoms with Crippen molar-refractivity contribution in [2.24, 2.45) is 0 Å². The molecule has 0 saturated carbocycles. The minimum Gasteiger partial charge on any atom is -0.492 e. The highest BCUT2D eigenvalue weighted by Gasteiger charge is 2.22. The Morgan fingerprint density at radius 1 is 1.44 bits per heavy atom. The molecule has 88 valence electrons. The molecule has 1 saturated heterocycles. The van der Waals surface area contributed by atoms with E-state index in [1.54, 1.807) is 0 Å². The van der Waals surface area contributed by atoms with Gasteiger partial charge in [-0.3, -0.25) is 4.84 Å². The molecule has 2 heterocycles. The molecule has 7 heteroatoms. The Labute approximate surface area is 90.7 Å². The van der Waals surface area contributed by atoms with E-state index in [4.69, 9.17) is 9.47 Å². The van der Waals surface area contributed by atoms with E-state index in [2.05, 4.69) is 4.84 Å². The lowest BCUT2D eigenvalue weighted by atomic mass is 10.3. The number of hydrogen-bond acceptors (Lipinski definition) is 6. The smallest absolute Gasteiger partial charge is 0.492 e. The maximum absolute atomic E-state index is 11.2. The van der Waals surface area contributed by atoms with Crippen LogP contribution in [0.25, 0.3) is 0 Å². The van der Waals surface area contributed by atoms with Crippen molar-refractivity contribution in [2.75, 3.05) is 13.2 Å². The molecular formula is C9H11NO6. The number of ether oxygens (including phenoxy) is 2. The van der Waals surface area contributed by atoms with Crippen molar-refractivity contribution < 1.29 is 29.3 Å². The third-order valence-electron chi connectivity index (χ3n) is 2.11. The average molecular weight is 229 g/mol. The lowest BCUT2D eigenvalue weighted by molar-refractivity contribution is 0.00651. The molecule has 1 fully saturated rings. The van der Waals surface area contributed by atoms with Crippen molar-refractivity contribution in [3.8, 4) is 11.8 Å². The molecule has 0 radical (unpaired) electrons. The third kappa shape index (κ3) is 2.19. The summed E-state index contributed by atoms with van der Waals surface area (Å²) in [5.41, 5.74) is 0. The molecule has 0 bridgehead atoms. The summed E-state index contributed by atoms with van der Waals surface area (Å²) >= 11 is 0. The molecule has 1 aliphatic rings. The first-order valence-corrected chi connectivity index (χ1v) is 4.73. The molecule has 0 spiro atoms. The summed E-state index contributed by atoms with van der Waals surface area (Å²) < 4.78 is 10.4. The number of aromatic hydroxyl groups is 2. The van der Waals surface area contributed by atoms with Crippen LogP contribution in [0.5, 0.6) is 11.8 Å². The lowest BCUT2D eigenvalue weighted by Gasteiger charge is -2.10. The lowest BCUT2D eigenvalue weighted by Crippen LogP contribution is -2.25. The second-order valence-electron chi connectivity index (χ2n) is 3.29. The van der Waals surface area contributed by atoms with Gasteiger partial charge in [-0.05, 0) is 0 Å². The number of carbonyl (C=O) groups excluding carboxylic acids is 1. The first kappa shape index (κ1) is 10.6. The van der Waals surface area contributed by atoms with Crippen LogP contribution in [-0.4, -0.2) is 40.4 Å². The number of aromatic nitrogens is 1. The van der Waals surface area contributed by atoms with Crippen LogP contribution in [0, 0.1) is 0 Å². The Kier molecular flexibility index (Phi) is 2.86. The Hall–Kier alpha value is -1.89. The van der Waals surface area contributed by atoms with E-state index < -0.39 is 17.9 Å². The molecule has 2 rings (SSSR count). The van der Waals surface area contributed by atoms with Gasteiger partial charge < -0.3 is 19.7 Å². The normalized spacial score (nSPS) is 19.6. The van der Waals surface area contributed by atoms with Crippen LogP contribution in [0.3, 0.4) is 0 Å². The van der Waals surface area contributed by atoms with Crippen molar-refractivity contribution in [3.63, 3.8) is 0 Å². The fourth-order valence-corrected chi connectivity index (χ4v) is 1.33. The number of hydrogen-bond donors (Lipinski definition) is 2. The molecule has 1 aromatic heterocycles. The zero-order chi connectivity index (χ0) is 11.5. The molecule has 0 aromatic carbocycles. The highest BCUT2D eigenvalue weighted by atomic mass is 16.8. The molecule has 0 unspecified atom stereocenters. The van der Waals surface area contributed by atoms with Crippen LogP contribution < -0.4 is 4.84 Å². The average Bonchev–Trinajstić information content (AvgIpc) is 2.83. The molecule has 7 nitrogen and oxygen atoms in total. The minimum absolute atomic E-state index is 0.332. The maximum Gasteiger partial charge on any atom is 0.534 e. The van der Waals surface area contributed by atoms with E-state index in [0.29, 0.717) is 24.4 Å². The summed E-state index contributed by atoms with van der Waals surface area (Å²) in [6, 6.07) is 2.36. The van der Waals surface area contributed by atoms with Gasteiger partial charge in [0.05, 0.1) is 13.2 Å². The maximum atomic E-state index is 11.2. The van der Waals surface area contributed by atoms with Gasteiger partial charge >= 0.3 is 6.16 Å². The van der Waals surface area contributed by atoms with Gasteiger partial charge in [-0.25, -0.2) is 4.79 Å². The molecular weight excluding hydrogens is 218 g/mol. The Morgan fingerprint density at radius 2 is 2.12 bits per heavy atom. The van der Waals surface area contributed by atoms with Crippen LogP contribution in [-0.2, 0) is 9.47 Å². The van der Waals surface area contributed by atoms with Crippen molar-refractivity contribution in [2.45, 2.75) is 12.5 Å². The molecule has 2 N–H and O–H groups in total. The first-order valence-electron chi connectivity index (χ1n) is 4.73. The van der Waals surface area contributed by atoms with E-state index >= 15 is 0 Å². The van der Waals surface area contributed by atoms with Gasteiger partial charge in [0.25, 0.3) is 0 Å². The number of nitrogens with zero attached hydrogens (tertiary/aromatic N) is 1. The molecule has 1 aromatic rings. The van der Waals surface area contributed by atoms with Crippen LogP contribution in [0.1, 0.15) is 6.42 Å². The van der Waals surface area contributed by atoms with E-state index in [0.717, 1.165) is 0 Å². The van der Waals surface area contributed by atoms with E-state index in [1.807, 2.05) is 0 Å². The molecule has 16 heavy (non-hydrogen) atoms. The number of carbonyl (C=O) groups is 1. The van der Waals surface area contributed by atoms with Gasteiger partial charge in [-0.2, -0.15) is 0 Å². The van der Waals surface area contributed by atoms with Gasteiger partial charge in [-0.15, -0.1) is 4.73 Å². The van der Waals surface area contributed by atoms with E-state index in [1.165, 1.54) is 12.1 Å². The van der Waals surface area contributed by atoms with Gasteiger partial charge in [0.15, 0.2) is 0 Å². The monoisotopic (exact) mass is 229 g/mol. The van der Waals surface area contributed by atoms with E-state index in [9.17, 15) is 15.0 Å².